The molecule has 3 nitrogen and oxygen atoms in total. The van der Waals surface area contributed by atoms with E-state index in [0.29, 0.717) is 18.9 Å². The van der Waals surface area contributed by atoms with Crippen LogP contribution in [0.1, 0.15) is 28.4 Å². The molecule has 1 fully saturated rings. The number of aliphatic hydroxyl groups is 1. The van der Waals surface area contributed by atoms with Gasteiger partial charge in [-0.1, -0.05) is 0 Å². The first-order chi connectivity index (χ1) is 7.66. The Morgan fingerprint density at radius 2 is 2.38 bits per heavy atom. The zero-order chi connectivity index (χ0) is 11.5. The Labute approximate surface area is 100 Å². The Morgan fingerprint density at radius 3 is 2.94 bits per heavy atom. The molecule has 2 heterocycles. The molecule has 1 aromatic rings. The third-order valence-electron chi connectivity index (χ3n) is 3.20. The quantitative estimate of drug-likeness (QED) is 0.881. The van der Waals surface area contributed by atoms with E-state index < -0.39 is 0 Å². The van der Waals surface area contributed by atoms with Crippen molar-refractivity contribution in [3.05, 3.63) is 15.6 Å². The Kier molecular flexibility index (Phi) is 3.95. The van der Waals surface area contributed by atoms with Crippen LogP contribution >= 0.6 is 11.3 Å². The van der Waals surface area contributed by atoms with Gasteiger partial charge in [-0.05, 0) is 26.7 Å². The largest absolute Gasteiger partial charge is 0.392 e. The molecular formula is C12H19NO2S. The van der Waals surface area contributed by atoms with Crippen LogP contribution in [-0.2, 0) is 11.2 Å². The van der Waals surface area contributed by atoms with E-state index in [1.807, 2.05) is 6.92 Å². The monoisotopic (exact) mass is 241 g/mol. The van der Waals surface area contributed by atoms with Gasteiger partial charge in [-0.25, -0.2) is 4.98 Å². The maximum absolute atomic E-state index is 10.1. The maximum Gasteiger partial charge on any atom is 0.0956 e. The summed E-state index contributed by atoms with van der Waals surface area (Å²) in [5.74, 6) is 0.290. The molecule has 16 heavy (non-hydrogen) atoms. The molecule has 1 aliphatic rings. The number of aromatic nitrogens is 1. The maximum atomic E-state index is 10.1. The van der Waals surface area contributed by atoms with Gasteiger partial charge in [0.1, 0.15) is 0 Å². The lowest BCUT2D eigenvalue weighted by Crippen LogP contribution is -2.30. The normalized spacial score (nSPS) is 23.3. The molecule has 4 heteroatoms. The van der Waals surface area contributed by atoms with E-state index in [2.05, 4.69) is 11.9 Å². The molecule has 0 bridgehead atoms. The van der Waals surface area contributed by atoms with Crippen LogP contribution in [0.25, 0.3) is 0 Å². The molecule has 0 radical (unpaired) electrons. The van der Waals surface area contributed by atoms with E-state index in [1.54, 1.807) is 11.3 Å². The molecular weight excluding hydrogens is 222 g/mol. The minimum atomic E-state index is -0.301. The summed E-state index contributed by atoms with van der Waals surface area (Å²) >= 11 is 1.69. The summed E-state index contributed by atoms with van der Waals surface area (Å²) in [5, 5.41) is 11.2. The van der Waals surface area contributed by atoms with Gasteiger partial charge >= 0.3 is 0 Å². The van der Waals surface area contributed by atoms with Crippen LogP contribution in [0.3, 0.4) is 0 Å². The Balaban J connectivity index is 1.93. The van der Waals surface area contributed by atoms with Gasteiger partial charge in [-0.2, -0.15) is 0 Å². The number of thiazole rings is 1. The minimum Gasteiger partial charge on any atom is -0.392 e. The van der Waals surface area contributed by atoms with Crippen LogP contribution in [0.4, 0.5) is 0 Å². The summed E-state index contributed by atoms with van der Waals surface area (Å²) < 4.78 is 5.39. The van der Waals surface area contributed by atoms with E-state index in [0.717, 1.165) is 30.2 Å². The highest BCUT2D eigenvalue weighted by Gasteiger charge is 2.23. The molecule has 0 amide bonds. The zero-order valence-electron chi connectivity index (χ0n) is 9.90. The van der Waals surface area contributed by atoms with Crippen molar-refractivity contribution in [1.82, 2.24) is 4.98 Å². The number of aryl methyl sites for hydroxylation is 2. The van der Waals surface area contributed by atoms with Crippen molar-refractivity contribution in [1.29, 1.82) is 0 Å². The lowest BCUT2D eigenvalue weighted by atomic mass is 9.94. The second-order valence-electron chi connectivity index (χ2n) is 4.50. The van der Waals surface area contributed by atoms with Gasteiger partial charge in [0.2, 0.25) is 0 Å². The van der Waals surface area contributed by atoms with Gasteiger partial charge < -0.3 is 9.84 Å². The summed E-state index contributed by atoms with van der Waals surface area (Å²) in [6.07, 6.45) is 2.51. The van der Waals surface area contributed by atoms with Gasteiger partial charge in [-0.3, -0.25) is 0 Å². The number of aliphatic hydroxyl groups excluding tert-OH is 1. The zero-order valence-corrected chi connectivity index (χ0v) is 10.7. The number of nitrogens with zero attached hydrogens (tertiary/aromatic N) is 1. The van der Waals surface area contributed by atoms with E-state index in [1.165, 1.54) is 4.88 Å². The van der Waals surface area contributed by atoms with Crippen LogP contribution < -0.4 is 0 Å². The van der Waals surface area contributed by atoms with E-state index in [4.69, 9.17) is 4.74 Å². The predicted octanol–water partition coefficient (Wildman–Crippen LogP) is 2.09. The topological polar surface area (TPSA) is 42.4 Å². The smallest absolute Gasteiger partial charge is 0.0956 e. The van der Waals surface area contributed by atoms with E-state index in [9.17, 15) is 5.11 Å². The Morgan fingerprint density at radius 1 is 1.56 bits per heavy atom. The van der Waals surface area contributed by atoms with Gasteiger partial charge in [0, 0.05) is 23.8 Å². The molecule has 90 valence electrons. The van der Waals surface area contributed by atoms with Crippen molar-refractivity contribution in [3.8, 4) is 0 Å². The van der Waals surface area contributed by atoms with Crippen molar-refractivity contribution in [3.63, 3.8) is 0 Å². The van der Waals surface area contributed by atoms with Gasteiger partial charge in [0.25, 0.3) is 0 Å². The SMILES string of the molecule is Cc1nc(CC(O)C2CCCOC2)sc1C. The predicted molar refractivity (Wildman–Crippen MR) is 64.8 cm³/mol. The highest BCUT2D eigenvalue weighted by molar-refractivity contribution is 7.11. The van der Waals surface area contributed by atoms with Crippen LogP contribution in [0.15, 0.2) is 0 Å². The van der Waals surface area contributed by atoms with Crippen LogP contribution in [-0.4, -0.2) is 29.4 Å². The first-order valence-corrected chi connectivity index (χ1v) is 6.67. The second kappa shape index (κ2) is 5.25. The number of rotatable bonds is 3. The highest BCUT2D eigenvalue weighted by atomic mass is 32.1. The average Bonchev–Trinajstić information content (AvgIpc) is 2.59. The fraction of sp³-hybridized carbons (Fsp3) is 0.750. The highest BCUT2D eigenvalue weighted by Crippen LogP contribution is 2.23. The summed E-state index contributed by atoms with van der Waals surface area (Å²) in [4.78, 5) is 5.71. The molecule has 0 aromatic carbocycles. The van der Waals surface area contributed by atoms with Crippen molar-refractivity contribution in [2.45, 2.75) is 39.2 Å². The van der Waals surface area contributed by atoms with E-state index >= 15 is 0 Å². The van der Waals surface area contributed by atoms with Gasteiger partial charge in [-0.15, -0.1) is 11.3 Å². The fourth-order valence-electron chi connectivity index (χ4n) is 2.04. The van der Waals surface area contributed by atoms with Gasteiger partial charge in [0.05, 0.1) is 23.4 Å². The third kappa shape index (κ3) is 2.81. The molecule has 1 aliphatic heterocycles. The van der Waals surface area contributed by atoms with Gasteiger partial charge in [0.15, 0.2) is 0 Å². The number of hydrogen-bond donors (Lipinski definition) is 1. The molecule has 2 unspecified atom stereocenters. The summed E-state index contributed by atoms with van der Waals surface area (Å²) in [5.41, 5.74) is 1.09. The summed E-state index contributed by atoms with van der Waals surface area (Å²) in [6, 6.07) is 0. The number of hydrogen-bond acceptors (Lipinski definition) is 4. The molecule has 1 saturated heterocycles. The van der Waals surface area contributed by atoms with Crippen molar-refractivity contribution in [2.24, 2.45) is 5.92 Å². The molecule has 0 saturated carbocycles. The first-order valence-electron chi connectivity index (χ1n) is 5.85. The fourth-order valence-corrected chi connectivity index (χ4v) is 3.02. The van der Waals surface area contributed by atoms with Crippen molar-refractivity contribution < 1.29 is 9.84 Å². The lowest BCUT2D eigenvalue weighted by Gasteiger charge is -2.26. The van der Waals surface area contributed by atoms with Crippen LogP contribution in [0, 0.1) is 19.8 Å². The molecule has 0 spiro atoms. The number of ether oxygens (including phenoxy) is 1. The Bertz CT molecular complexity index is 325. The van der Waals surface area contributed by atoms with Crippen LogP contribution in [0.2, 0.25) is 0 Å². The molecule has 1 N–H and O–H groups in total. The van der Waals surface area contributed by atoms with Crippen LogP contribution in [0.5, 0.6) is 0 Å². The summed E-state index contributed by atoms with van der Waals surface area (Å²) in [7, 11) is 0. The summed E-state index contributed by atoms with van der Waals surface area (Å²) in [6.45, 7) is 5.64. The average molecular weight is 241 g/mol. The van der Waals surface area contributed by atoms with Crippen molar-refractivity contribution >= 4 is 11.3 Å². The lowest BCUT2D eigenvalue weighted by molar-refractivity contribution is -0.00848. The minimum absolute atomic E-state index is 0.290. The second-order valence-corrected chi connectivity index (χ2v) is 5.79. The standard InChI is InChI=1S/C12H19NO2S/c1-8-9(2)16-12(13-8)6-11(14)10-4-3-5-15-7-10/h10-11,14H,3-7H2,1-2H3. The Hall–Kier alpha value is -0.450. The van der Waals surface area contributed by atoms with Crippen molar-refractivity contribution in [2.75, 3.05) is 13.2 Å². The molecule has 1 aromatic heterocycles. The first kappa shape index (κ1) is 12.0. The molecule has 0 aliphatic carbocycles. The third-order valence-corrected chi connectivity index (χ3v) is 4.29. The molecule has 2 atom stereocenters. The van der Waals surface area contributed by atoms with E-state index in [-0.39, 0.29) is 6.10 Å². The molecule has 2 rings (SSSR count).